The van der Waals surface area contributed by atoms with Crippen LogP contribution in [0.25, 0.3) is 0 Å². The molecule has 5 nitrogen and oxygen atoms in total. The number of aryl methyl sites for hydroxylation is 1. The van der Waals surface area contributed by atoms with E-state index >= 15 is 0 Å². The van der Waals surface area contributed by atoms with Crippen LogP contribution in [0.2, 0.25) is 0 Å². The summed E-state index contributed by atoms with van der Waals surface area (Å²) in [6.07, 6.45) is 2.40. The van der Waals surface area contributed by atoms with Crippen LogP contribution >= 0.6 is 11.3 Å². The van der Waals surface area contributed by atoms with E-state index in [0.29, 0.717) is 51.4 Å². The highest BCUT2D eigenvalue weighted by Gasteiger charge is 2.32. The predicted molar refractivity (Wildman–Crippen MR) is 122 cm³/mol. The Labute approximate surface area is 187 Å². The van der Waals surface area contributed by atoms with Gasteiger partial charge in [-0.05, 0) is 56.9 Å². The van der Waals surface area contributed by atoms with Crippen LogP contribution in [-0.4, -0.2) is 60.9 Å². The molecule has 0 bridgehead atoms. The largest absolute Gasteiger partial charge is 0.366 e. The highest BCUT2D eigenvalue weighted by molar-refractivity contribution is 7.14. The summed E-state index contributed by atoms with van der Waals surface area (Å²) in [4.78, 5) is 33.7. The van der Waals surface area contributed by atoms with Gasteiger partial charge in [0.15, 0.2) is 0 Å². The van der Waals surface area contributed by atoms with Gasteiger partial charge in [-0.3, -0.25) is 9.59 Å². The smallest absolute Gasteiger partial charge is 0.263 e. The molecule has 166 valence electrons. The Bertz CT molecular complexity index is 948. The fraction of sp³-hybridized carbons (Fsp3) is 0.500. The fourth-order valence-corrected chi connectivity index (χ4v) is 5.82. The van der Waals surface area contributed by atoms with Gasteiger partial charge in [0.1, 0.15) is 5.82 Å². The number of para-hydroxylation sites is 1. The second kappa shape index (κ2) is 9.39. The lowest BCUT2D eigenvalue weighted by Gasteiger charge is -2.38. The summed E-state index contributed by atoms with van der Waals surface area (Å²) in [6.45, 7) is 7.93. The normalized spacial score (nSPS) is 18.6. The Hall–Kier alpha value is -2.41. The minimum atomic E-state index is -0.213. The number of nitrogens with zero attached hydrogens (tertiary/aromatic N) is 3. The van der Waals surface area contributed by atoms with Crippen molar-refractivity contribution in [2.75, 3.05) is 44.2 Å². The number of rotatable bonds is 5. The summed E-state index contributed by atoms with van der Waals surface area (Å²) in [5, 5.41) is 0. The quantitative estimate of drug-likeness (QED) is 0.706. The summed E-state index contributed by atoms with van der Waals surface area (Å²) in [5.74, 6) is 0.0475. The third-order valence-electron chi connectivity index (χ3n) is 6.48. The first-order valence-electron chi connectivity index (χ1n) is 11.2. The monoisotopic (exact) mass is 443 g/mol. The summed E-state index contributed by atoms with van der Waals surface area (Å²) < 4.78 is 14.1. The van der Waals surface area contributed by atoms with Crippen LogP contribution in [0.4, 0.5) is 10.1 Å². The number of hydrogen-bond acceptors (Lipinski definition) is 4. The molecule has 2 aliphatic rings. The highest BCUT2D eigenvalue weighted by atomic mass is 32.1. The molecule has 0 unspecified atom stereocenters. The van der Waals surface area contributed by atoms with Crippen LogP contribution in [0.1, 0.15) is 40.4 Å². The van der Waals surface area contributed by atoms with Gasteiger partial charge < -0.3 is 14.7 Å². The second-order valence-corrected chi connectivity index (χ2v) is 9.38. The molecular formula is C24H30FN3O2S. The molecule has 2 heterocycles. The molecule has 1 aliphatic carbocycles. The Morgan fingerprint density at radius 2 is 1.84 bits per heavy atom. The molecule has 0 N–H and O–H groups in total. The summed E-state index contributed by atoms with van der Waals surface area (Å²) in [5.41, 5.74) is 1.77. The third-order valence-corrected chi connectivity index (χ3v) is 7.70. The molecule has 0 saturated carbocycles. The van der Waals surface area contributed by atoms with E-state index in [-0.39, 0.29) is 23.5 Å². The molecule has 1 aromatic carbocycles. The van der Waals surface area contributed by atoms with Crippen molar-refractivity contribution in [2.24, 2.45) is 5.92 Å². The number of thiophene rings is 1. The number of piperazine rings is 1. The molecule has 0 spiro atoms. The number of benzene rings is 1. The molecular weight excluding hydrogens is 413 g/mol. The lowest BCUT2D eigenvalue weighted by molar-refractivity contribution is -0.136. The average molecular weight is 444 g/mol. The van der Waals surface area contributed by atoms with Crippen molar-refractivity contribution in [1.82, 2.24) is 9.80 Å². The predicted octanol–water partition coefficient (Wildman–Crippen LogP) is 3.82. The van der Waals surface area contributed by atoms with Crippen LogP contribution in [0.3, 0.4) is 0 Å². The number of halogens is 1. The number of carbonyl (C=O) groups is 2. The molecule has 1 aromatic heterocycles. The van der Waals surface area contributed by atoms with Gasteiger partial charge in [-0.25, -0.2) is 4.39 Å². The van der Waals surface area contributed by atoms with E-state index in [2.05, 4.69) is 0 Å². The van der Waals surface area contributed by atoms with Crippen molar-refractivity contribution >= 4 is 28.8 Å². The fourth-order valence-electron chi connectivity index (χ4n) is 4.64. The van der Waals surface area contributed by atoms with E-state index < -0.39 is 0 Å². The first kappa shape index (κ1) is 21.8. The van der Waals surface area contributed by atoms with Crippen molar-refractivity contribution in [3.05, 3.63) is 51.5 Å². The van der Waals surface area contributed by atoms with Gasteiger partial charge in [0.2, 0.25) is 5.91 Å². The van der Waals surface area contributed by atoms with Crippen LogP contribution in [-0.2, 0) is 17.6 Å². The topological polar surface area (TPSA) is 43.9 Å². The van der Waals surface area contributed by atoms with E-state index in [1.54, 1.807) is 23.5 Å². The molecule has 0 radical (unpaired) electrons. The molecule has 1 atom stereocenters. The van der Waals surface area contributed by atoms with Crippen LogP contribution in [0.15, 0.2) is 30.3 Å². The van der Waals surface area contributed by atoms with E-state index in [1.807, 2.05) is 40.7 Å². The molecule has 2 amide bonds. The van der Waals surface area contributed by atoms with Gasteiger partial charge in [-0.1, -0.05) is 12.1 Å². The Balaban J connectivity index is 1.37. The van der Waals surface area contributed by atoms with Gasteiger partial charge in [0.05, 0.1) is 10.6 Å². The number of carbonyl (C=O) groups excluding carboxylic acids is 2. The van der Waals surface area contributed by atoms with Gasteiger partial charge in [0, 0.05) is 50.1 Å². The van der Waals surface area contributed by atoms with E-state index in [0.717, 1.165) is 23.3 Å². The SMILES string of the molecule is CCN(CC)C(=O)c1cc2c(s1)CC[C@H](C(=O)N1CCN(c3ccccc3F)CC1)C2. The summed E-state index contributed by atoms with van der Waals surface area (Å²) >= 11 is 1.59. The lowest BCUT2D eigenvalue weighted by atomic mass is 9.87. The van der Waals surface area contributed by atoms with Crippen molar-refractivity contribution in [3.8, 4) is 0 Å². The zero-order valence-electron chi connectivity index (χ0n) is 18.3. The maximum absolute atomic E-state index is 14.1. The molecule has 1 aliphatic heterocycles. The van der Waals surface area contributed by atoms with Crippen LogP contribution < -0.4 is 4.90 Å². The number of hydrogen-bond donors (Lipinski definition) is 0. The standard InChI is InChI=1S/C24H30FN3O2S/c1-3-26(4-2)24(30)22-16-18-15-17(9-10-21(18)31-22)23(29)28-13-11-27(12-14-28)20-8-6-5-7-19(20)25/h5-8,16-17H,3-4,9-15H2,1-2H3/t17-/m0/s1. The first-order valence-corrected chi connectivity index (χ1v) is 12.0. The van der Waals surface area contributed by atoms with Gasteiger partial charge in [-0.15, -0.1) is 11.3 Å². The average Bonchev–Trinajstić information content (AvgIpc) is 3.23. The lowest BCUT2D eigenvalue weighted by Crippen LogP contribution is -2.51. The Morgan fingerprint density at radius 3 is 2.52 bits per heavy atom. The van der Waals surface area contributed by atoms with Gasteiger partial charge >= 0.3 is 0 Å². The van der Waals surface area contributed by atoms with E-state index in [4.69, 9.17) is 0 Å². The van der Waals surface area contributed by atoms with Crippen molar-refractivity contribution in [3.63, 3.8) is 0 Å². The van der Waals surface area contributed by atoms with Crippen molar-refractivity contribution in [2.45, 2.75) is 33.1 Å². The minimum absolute atomic E-state index is 0.0292. The van der Waals surface area contributed by atoms with E-state index in [9.17, 15) is 14.0 Å². The molecule has 7 heteroatoms. The van der Waals surface area contributed by atoms with Crippen molar-refractivity contribution < 1.29 is 14.0 Å². The van der Waals surface area contributed by atoms with Gasteiger partial charge in [-0.2, -0.15) is 0 Å². The molecule has 31 heavy (non-hydrogen) atoms. The third kappa shape index (κ3) is 4.47. The second-order valence-electron chi connectivity index (χ2n) is 8.24. The number of anilines is 1. The zero-order chi connectivity index (χ0) is 22.0. The molecule has 2 aromatic rings. The molecule has 4 rings (SSSR count). The van der Waals surface area contributed by atoms with Crippen molar-refractivity contribution in [1.29, 1.82) is 0 Å². The molecule has 1 fully saturated rings. The summed E-state index contributed by atoms with van der Waals surface area (Å²) in [6, 6.07) is 8.82. The van der Waals surface area contributed by atoms with Crippen LogP contribution in [0, 0.1) is 11.7 Å². The van der Waals surface area contributed by atoms with Gasteiger partial charge in [0.25, 0.3) is 5.91 Å². The minimum Gasteiger partial charge on any atom is -0.366 e. The highest BCUT2D eigenvalue weighted by Crippen LogP contribution is 2.34. The molecule has 1 saturated heterocycles. The zero-order valence-corrected chi connectivity index (χ0v) is 19.1. The Morgan fingerprint density at radius 1 is 1.13 bits per heavy atom. The number of fused-ring (bicyclic) bond motifs is 1. The van der Waals surface area contributed by atoms with E-state index in [1.165, 1.54) is 10.9 Å². The maximum atomic E-state index is 14.1. The number of amides is 2. The summed E-state index contributed by atoms with van der Waals surface area (Å²) in [7, 11) is 0. The Kier molecular flexibility index (Phi) is 6.60. The maximum Gasteiger partial charge on any atom is 0.263 e. The first-order chi connectivity index (χ1) is 15.0. The van der Waals surface area contributed by atoms with Crippen LogP contribution in [0.5, 0.6) is 0 Å².